The van der Waals surface area contributed by atoms with Gasteiger partial charge in [0.05, 0.1) is 20.8 Å². The van der Waals surface area contributed by atoms with Crippen LogP contribution in [0.3, 0.4) is 0 Å². The van der Waals surface area contributed by atoms with Crippen LogP contribution in [0.25, 0.3) is 16.8 Å². The van der Waals surface area contributed by atoms with Crippen LogP contribution in [0.4, 0.5) is 4.79 Å². The van der Waals surface area contributed by atoms with Crippen LogP contribution in [-0.2, 0) is 16.1 Å². The highest BCUT2D eigenvalue weighted by atomic mass is 16.5. The number of carbonyl (C=O) groups excluding carboxylic acids is 3. The fourth-order valence-electron chi connectivity index (χ4n) is 3.30. The topological polar surface area (TPSA) is 98.1 Å². The number of nitrogens with zero attached hydrogens (tertiary/aromatic N) is 1. The van der Waals surface area contributed by atoms with Crippen molar-refractivity contribution in [3.05, 3.63) is 71.3 Å². The lowest BCUT2D eigenvalue weighted by atomic mass is 10.0. The number of hydrogen-bond donors (Lipinski definition) is 1. The Bertz CT molecular complexity index is 1190. The van der Waals surface area contributed by atoms with E-state index in [0.29, 0.717) is 0 Å². The van der Waals surface area contributed by atoms with Gasteiger partial charge in [-0.3, -0.25) is 9.69 Å². The van der Waals surface area contributed by atoms with Crippen molar-refractivity contribution in [2.24, 2.45) is 0 Å². The molecule has 3 aromatic rings. The first-order chi connectivity index (χ1) is 14.5. The average molecular weight is 406 g/mol. The maximum absolute atomic E-state index is 12.8. The van der Waals surface area contributed by atoms with Crippen LogP contribution in [0.5, 0.6) is 5.75 Å². The van der Waals surface area contributed by atoms with Crippen LogP contribution < -0.4 is 10.1 Å². The van der Waals surface area contributed by atoms with E-state index in [4.69, 9.17) is 9.15 Å². The van der Waals surface area contributed by atoms with Gasteiger partial charge in [0.1, 0.15) is 17.2 Å². The second-order valence-corrected chi connectivity index (χ2v) is 6.54. The molecular formula is C22H18N2O6. The van der Waals surface area contributed by atoms with Crippen molar-refractivity contribution in [1.82, 2.24) is 10.2 Å². The molecule has 3 amide bonds. The number of urea groups is 1. The molecule has 2 aromatic carbocycles. The van der Waals surface area contributed by atoms with Gasteiger partial charge in [-0.15, -0.1) is 0 Å². The lowest BCUT2D eigenvalue weighted by molar-refractivity contribution is -0.123. The molecule has 0 aliphatic carbocycles. The highest BCUT2D eigenvalue weighted by Gasteiger charge is 2.34. The summed E-state index contributed by atoms with van der Waals surface area (Å²) in [7, 11) is 2.83. The molecular weight excluding hydrogens is 388 g/mol. The number of furan rings is 1. The van der Waals surface area contributed by atoms with Gasteiger partial charge in [-0.1, -0.05) is 30.3 Å². The second kappa shape index (κ2) is 7.75. The molecule has 1 aromatic heterocycles. The molecule has 1 aliphatic heterocycles. The van der Waals surface area contributed by atoms with Gasteiger partial charge < -0.3 is 19.2 Å². The minimum atomic E-state index is -0.634. The van der Waals surface area contributed by atoms with E-state index in [2.05, 4.69) is 10.1 Å². The SMILES string of the molecule is COC(=O)c1ccc(CN2C(=O)NC(=Cc3ccc(OC)c4ccccc34)C2=O)o1. The Morgan fingerprint density at radius 1 is 1.07 bits per heavy atom. The monoisotopic (exact) mass is 406 g/mol. The molecule has 2 heterocycles. The van der Waals surface area contributed by atoms with Crippen molar-refractivity contribution in [2.75, 3.05) is 14.2 Å². The van der Waals surface area contributed by atoms with Gasteiger partial charge in [-0.05, 0) is 35.2 Å². The smallest absolute Gasteiger partial charge is 0.373 e. The summed E-state index contributed by atoms with van der Waals surface area (Å²) in [5.74, 6) is -0.119. The molecule has 152 valence electrons. The highest BCUT2D eigenvalue weighted by Crippen LogP contribution is 2.30. The standard InChI is InChI=1S/C22H18N2O6/c1-28-18-9-7-13(15-5-3-4-6-16(15)18)11-17-20(25)24(22(27)23-17)12-14-8-10-19(30-14)21(26)29-2/h3-11H,12H2,1-2H3,(H,23,27). The minimum Gasteiger partial charge on any atom is -0.496 e. The van der Waals surface area contributed by atoms with E-state index in [-0.39, 0.29) is 23.8 Å². The number of fused-ring (bicyclic) bond motifs is 1. The van der Waals surface area contributed by atoms with Crippen LogP contribution in [-0.4, -0.2) is 37.0 Å². The lowest BCUT2D eigenvalue weighted by Crippen LogP contribution is -2.30. The van der Waals surface area contributed by atoms with Gasteiger partial charge in [0.25, 0.3) is 5.91 Å². The van der Waals surface area contributed by atoms with E-state index in [1.54, 1.807) is 13.2 Å². The number of imide groups is 1. The van der Waals surface area contributed by atoms with Gasteiger partial charge >= 0.3 is 12.0 Å². The third kappa shape index (κ3) is 3.39. The van der Waals surface area contributed by atoms with Gasteiger partial charge in [-0.25, -0.2) is 9.59 Å². The molecule has 1 N–H and O–H groups in total. The lowest BCUT2D eigenvalue weighted by Gasteiger charge is -2.09. The van der Waals surface area contributed by atoms with Crippen LogP contribution in [0.1, 0.15) is 21.9 Å². The summed E-state index contributed by atoms with van der Waals surface area (Å²) < 4.78 is 15.3. The molecule has 1 saturated heterocycles. The van der Waals surface area contributed by atoms with Gasteiger partial charge in [0, 0.05) is 5.39 Å². The average Bonchev–Trinajstić information content (AvgIpc) is 3.34. The molecule has 0 atom stereocenters. The van der Waals surface area contributed by atoms with E-state index in [0.717, 1.165) is 27.0 Å². The number of hydrogen-bond acceptors (Lipinski definition) is 6. The van der Waals surface area contributed by atoms with Crippen LogP contribution in [0.15, 0.2) is 58.6 Å². The summed E-state index contributed by atoms with van der Waals surface area (Å²) in [4.78, 5) is 37.7. The van der Waals surface area contributed by atoms with Crippen LogP contribution in [0, 0.1) is 0 Å². The molecule has 0 saturated carbocycles. The Morgan fingerprint density at radius 2 is 1.83 bits per heavy atom. The number of ether oxygens (including phenoxy) is 2. The zero-order valence-electron chi connectivity index (χ0n) is 16.3. The first kappa shape index (κ1) is 19.3. The van der Waals surface area contributed by atoms with Crippen molar-refractivity contribution >= 4 is 34.8 Å². The number of esters is 1. The summed E-state index contributed by atoms with van der Waals surface area (Å²) in [6.07, 6.45) is 1.63. The van der Waals surface area contributed by atoms with E-state index < -0.39 is 17.9 Å². The molecule has 0 spiro atoms. The molecule has 0 radical (unpaired) electrons. The van der Waals surface area contributed by atoms with E-state index in [1.165, 1.54) is 19.2 Å². The summed E-state index contributed by atoms with van der Waals surface area (Å²) in [6, 6.07) is 13.6. The fraction of sp³-hybridized carbons (Fsp3) is 0.136. The zero-order valence-corrected chi connectivity index (χ0v) is 16.3. The number of carbonyl (C=O) groups is 3. The number of nitrogens with one attached hydrogen (secondary N) is 1. The minimum absolute atomic E-state index is 0.0000207. The van der Waals surface area contributed by atoms with Crippen molar-refractivity contribution in [2.45, 2.75) is 6.54 Å². The molecule has 4 rings (SSSR count). The summed E-state index contributed by atoms with van der Waals surface area (Å²) in [5.41, 5.74) is 0.915. The zero-order chi connectivity index (χ0) is 21.3. The van der Waals surface area contributed by atoms with Crippen molar-refractivity contribution in [3.8, 4) is 5.75 Å². The second-order valence-electron chi connectivity index (χ2n) is 6.54. The van der Waals surface area contributed by atoms with Gasteiger partial charge in [0.2, 0.25) is 5.76 Å². The molecule has 0 bridgehead atoms. The first-order valence-electron chi connectivity index (χ1n) is 9.09. The number of methoxy groups -OCH3 is 2. The van der Waals surface area contributed by atoms with Crippen LogP contribution in [0.2, 0.25) is 0 Å². The summed E-state index contributed by atoms with van der Waals surface area (Å²) in [6.45, 7) is -0.109. The number of amides is 3. The van der Waals surface area contributed by atoms with Crippen molar-refractivity contribution < 1.29 is 28.3 Å². The maximum atomic E-state index is 12.8. The van der Waals surface area contributed by atoms with E-state index in [1.807, 2.05) is 36.4 Å². The molecule has 8 heteroatoms. The fourth-order valence-corrected chi connectivity index (χ4v) is 3.30. The maximum Gasteiger partial charge on any atom is 0.373 e. The molecule has 30 heavy (non-hydrogen) atoms. The Balaban J connectivity index is 1.62. The summed E-state index contributed by atoms with van der Waals surface area (Å²) >= 11 is 0. The quantitative estimate of drug-likeness (QED) is 0.397. The molecule has 1 fully saturated rings. The van der Waals surface area contributed by atoms with E-state index in [9.17, 15) is 14.4 Å². The third-order valence-corrected chi connectivity index (χ3v) is 4.76. The number of rotatable bonds is 5. The third-order valence-electron chi connectivity index (χ3n) is 4.76. The largest absolute Gasteiger partial charge is 0.496 e. The predicted octanol–water partition coefficient (Wildman–Crippen LogP) is 3.32. The van der Waals surface area contributed by atoms with Crippen LogP contribution >= 0.6 is 0 Å². The molecule has 0 unspecified atom stereocenters. The van der Waals surface area contributed by atoms with Gasteiger partial charge in [0.15, 0.2) is 0 Å². The van der Waals surface area contributed by atoms with Crippen molar-refractivity contribution in [1.29, 1.82) is 0 Å². The molecule has 1 aliphatic rings. The van der Waals surface area contributed by atoms with Crippen molar-refractivity contribution in [3.63, 3.8) is 0 Å². The predicted molar refractivity (Wildman–Crippen MR) is 108 cm³/mol. The summed E-state index contributed by atoms with van der Waals surface area (Å²) in [5, 5.41) is 4.38. The molecule has 8 nitrogen and oxygen atoms in total. The Morgan fingerprint density at radius 3 is 2.57 bits per heavy atom. The number of benzene rings is 2. The van der Waals surface area contributed by atoms with Gasteiger partial charge in [-0.2, -0.15) is 0 Å². The first-order valence-corrected chi connectivity index (χ1v) is 9.09. The Kier molecular flexibility index (Phi) is 4.97. The normalized spacial score (nSPS) is 15.0. The highest BCUT2D eigenvalue weighted by molar-refractivity contribution is 6.14. The Hall–Kier alpha value is -4.07. The Labute approximate surface area is 171 Å². The van der Waals surface area contributed by atoms with E-state index >= 15 is 0 Å².